The predicted molar refractivity (Wildman–Crippen MR) is 90.1 cm³/mol. The minimum absolute atomic E-state index is 0.0807. The topological polar surface area (TPSA) is 62.7 Å². The molecule has 3 rings (SSSR count). The molecular formula is C15H17BrN4OS. The van der Waals surface area contributed by atoms with E-state index in [-0.39, 0.29) is 11.8 Å². The number of carbonyl (C=O) groups is 1. The van der Waals surface area contributed by atoms with Crippen molar-refractivity contribution in [1.29, 1.82) is 0 Å². The molecule has 1 saturated carbocycles. The maximum Gasteiger partial charge on any atom is 0.223 e. The van der Waals surface area contributed by atoms with Gasteiger partial charge in [-0.15, -0.1) is 0 Å². The maximum absolute atomic E-state index is 12.2. The van der Waals surface area contributed by atoms with E-state index in [1.165, 1.54) is 5.56 Å². The Balaban J connectivity index is 1.52. The number of hydrogen-bond acceptors (Lipinski definition) is 3. The van der Waals surface area contributed by atoms with Crippen molar-refractivity contribution in [3.8, 4) is 0 Å². The van der Waals surface area contributed by atoms with Crippen molar-refractivity contribution in [2.45, 2.75) is 25.8 Å². The highest BCUT2D eigenvalue weighted by Gasteiger charge is 2.44. The number of rotatable bonds is 5. The van der Waals surface area contributed by atoms with Gasteiger partial charge in [0.15, 0.2) is 4.77 Å². The summed E-state index contributed by atoms with van der Waals surface area (Å²) in [6.07, 6.45) is 0.915. The lowest BCUT2D eigenvalue weighted by molar-refractivity contribution is -0.122. The lowest BCUT2D eigenvalue weighted by atomic mass is 10.1. The lowest BCUT2D eigenvalue weighted by Gasteiger charge is -2.07. The summed E-state index contributed by atoms with van der Waals surface area (Å²) in [5.41, 5.74) is 1.22. The van der Waals surface area contributed by atoms with E-state index in [4.69, 9.17) is 12.2 Å². The van der Waals surface area contributed by atoms with Gasteiger partial charge in [-0.1, -0.05) is 34.1 Å². The second-order valence-corrected chi connectivity index (χ2v) is 6.73. The number of amides is 1. The predicted octanol–water partition coefficient (Wildman–Crippen LogP) is 2.93. The van der Waals surface area contributed by atoms with Crippen molar-refractivity contribution in [2.75, 3.05) is 6.54 Å². The smallest absolute Gasteiger partial charge is 0.223 e. The molecule has 0 radical (unpaired) electrons. The number of hydrogen-bond donors (Lipinski definition) is 2. The molecule has 2 aromatic rings. The van der Waals surface area contributed by atoms with E-state index in [0.717, 1.165) is 16.7 Å². The van der Waals surface area contributed by atoms with Gasteiger partial charge in [-0.25, -0.2) is 0 Å². The van der Waals surface area contributed by atoms with Crippen LogP contribution < -0.4 is 5.32 Å². The Morgan fingerprint density at radius 2 is 2.32 bits per heavy atom. The summed E-state index contributed by atoms with van der Waals surface area (Å²) >= 11 is 8.69. The number of nitrogens with zero attached hydrogens (tertiary/aromatic N) is 2. The van der Waals surface area contributed by atoms with Gasteiger partial charge >= 0.3 is 0 Å². The SMILES string of the molecule is Cc1n[nH]c(=S)n1CCNC(=O)[C@H]1C[C@H]1c1ccccc1Br. The van der Waals surface area contributed by atoms with Crippen LogP contribution in [0.1, 0.15) is 23.7 Å². The number of aromatic amines is 1. The van der Waals surface area contributed by atoms with Crippen molar-refractivity contribution in [1.82, 2.24) is 20.1 Å². The van der Waals surface area contributed by atoms with Gasteiger partial charge in [-0.3, -0.25) is 9.89 Å². The minimum Gasteiger partial charge on any atom is -0.354 e. The Morgan fingerprint density at radius 3 is 3.00 bits per heavy atom. The van der Waals surface area contributed by atoms with Crippen LogP contribution in [0.5, 0.6) is 0 Å². The van der Waals surface area contributed by atoms with E-state index >= 15 is 0 Å². The van der Waals surface area contributed by atoms with Gasteiger partial charge in [-0.2, -0.15) is 5.10 Å². The molecule has 1 fully saturated rings. The van der Waals surface area contributed by atoms with Gasteiger partial charge in [0, 0.05) is 23.5 Å². The zero-order valence-corrected chi connectivity index (χ0v) is 14.6. The summed E-state index contributed by atoms with van der Waals surface area (Å²) in [7, 11) is 0. The van der Waals surface area contributed by atoms with Crippen molar-refractivity contribution in [3.05, 3.63) is 44.9 Å². The summed E-state index contributed by atoms with van der Waals surface area (Å²) in [4.78, 5) is 12.2. The summed E-state index contributed by atoms with van der Waals surface area (Å²) in [5, 5.41) is 9.79. The Labute approximate surface area is 142 Å². The molecule has 0 saturated heterocycles. The van der Waals surface area contributed by atoms with Gasteiger partial charge in [0.25, 0.3) is 0 Å². The van der Waals surface area contributed by atoms with Gasteiger partial charge in [0.2, 0.25) is 5.91 Å². The molecule has 0 aliphatic heterocycles. The molecule has 1 amide bonds. The molecule has 5 nitrogen and oxygen atoms in total. The lowest BCUT2D eigenvalue weighted by Crippen LogP contribution is -2.29. The molecule has 1 aliphatic carbocycles. The maximum atomic E-state index is 12.2. The average molecular weight is 381 g/mol. The molecule has 0 unspecified atom stereocenters. The van der Waals surface area contributed by atoms with Crippen LogP contribution >= 0.6 is 28.1 Å². The van der Waals surface area contributed by atoms with Crippen LogP contribution in [0.2, 0.25) is 0 Å². The molecule has 2 N–H and O–H groups in total. The van der Waals surface area contributed by atoms with Crippen molar-refractivity contribution >= 4 is 34.1 Å². The Bertz CT molecular complexity index is 754. The number of carbonyl (C=O) groups excluding carboxylic acids is 1. The van der Waals surface area contributed by atoms with Crippen LogP contribution in [0.25, 0.3) is 0 Å². The second kappa shape index (κ2) is 6.34. The third-order valence-corrected chi connectivity index (χ3v) is 5.05. The third kappa shape index (κ3) is 3.15. The number of aromatic nitrogens is 3. The van der Waals surface area contributed by atoms with E-state index in [1.54, 1.807) is 0 Å². The summed E-state index contributed by atoms with van der Waals surface area (Å²) in [5.74, 6) is 1.36. The number of nitrogens with one attached hydrogen (secondary N) is 2. The van der Waals surface area contributed by atoms with Crippen molar-refractivity contribution in [2.24, 2.45) is 5.92 Å². The number of benzene rings is 1. The molecule has 0 bridgehead atoms. The highest BCUT2D eigenvalue weighted by atomic mass is 79.9. The van der Waals surface area contributed by atoms with Gasteiger partial charge in [0.1, 0.15) is 5.82 Å². The first-order valence-corrected chi connectivity index (χ1v) is 8.42. The second-order valence-electron chi connectivity index (χ2n) is 5.49. The summed E-state index contributed by atoms with van der Waals surface area (Å²) < 4.78 is 3.55. The van der Waals surface area contributed by atoms with Crippen molar-refractivity contribution in [3.63, 3.8) is 0 Å². The monoisotopic (exact) mass is 380 g/mol. The van der Waals surface area contributed by atoms with Crippen LogP contribution in [-0.2, 0) is 11.3 Å². The number of H-pyrrole nitrogens is 1. The van der Waals surface area contributed by atoms with Crippen molar-refractivity contribution < 1.29 is 4.79 Å². The Morgan fingerprint density at radius 1 is 1.55 bits per heavy atom. The molecule has 1 aliphatic rings. The van der Waals surface area contributed by atoms with Gasteiger partial charge < -0.3 is 9.88 Å². The molecule has 116 valence electrons. The average Bonchev–Trinajstić information content (AvgIpc) is 3.23. The molecule has 22 heavy (non-hydrogen) atoms. The first kappa shape index (κ1) is 15.4. The first-order valence-electron chi connectivity index (χ1n) is 7.22. The normalized spacial score (nSPS) is 19.9. The highest BCUT2D eigenvalue weighted by Crippen LogP contribution is 2.49. The fourth-order valence-corrected chi connectivity index (χ4v) is 3.53. The van der Waals surface area contributed by atoms with Crippen LogP contribution in [0, 0.1) is 17.6 Å². The van der Waals surface area contributed by atoms with E-state index in [0.29, 0.717) is 23.8 Å². The highest BCUT2D eigenvalue weighted by molar-refractivity contribution is 9.10. The fraction of sp³-hybridized carbons (Fsp3) is 0.400. The molecular weight excluding hydrogens is 364 g/mol. The Hall–Kier alpha value is -1.47. The van der Waals surface area contributed by atoms with Crippen LogP contribution in [0.3, 0.4) is 0 Å². The summed E-state index contributed by atoms with van der Waals surface area (Å²) in [6, 6.07) is 8.10. The molecule has 1 aromatic carbocycles. The molecule has 1 heterocycles. The first-order chi connectivity index (χ1) is 10.6. The molecule has 2 atom stereocenters. The fourth-order valence-electron chi connectivity index (χ4n) is 2.69. The van der Waals surface area contributed by atoms with Gasteiger partial charge in [-0.05, 0) is 43.1 Å². The quantitative estimate of drug-likeness (QED) is 0.783. The standard InChI is InChI=1S/C15H17BrN4OS/c1-9-18-19-15(22)20(9)7-6-17-14(21)12-8-11(12)10-4-2-3-5-13(10)16/h2-5,11-12H,6-8H2,1H3,(H,17,21)(H,19,22)/t11-,12-/m0/s1. The molecule has 7 heteroatoms. The minimum atomic E-state index is 0.0807. The number of halogens is 1. The van der Waals surface area contributed by atoms with Gasteiger partial charge in [0.05, 0.1) is 0 Å². The van der Waals surface area contributed by atoms with Crippen LogP contribution in [-0.4, -0.2) is 27.2 Å². The summed E-state index contributed by atoms with van der Waals surface area (Å²) in [6.45, 7) is 3.09. The van der Waals surface area contributed by atoms with E-state index < -0.39 is 0 Å². The largest absolute Gasteiger partial charge is 0.354 e. The number of aryl methyl sites for hydroxylation is 1. The van der Waals surface area contributed by atoms with E-state index in [1.807, 2.05) is 29.7 Å². The third-order valence-electron chi connectivity index (χ3n) is 4.02. The molecule has 1 aromatic heterocycles. The van der Waals surface area contributed by atoms with Crippen LogP contribution in [0.4, 0.5) is 0 Å². The Kier molecular flexibility index (Phi) is 4.44. The zero-order chi connectivity index (χ0) is 15.7. The van der Waals surface area contributed by atoms with Crippen LogP contribution in [0.15, 0.2) is 28.7 Å². The van der Waals surface area contributed by atoms with E-state index in [2.05, 4.69) is 37.5 Å². The molecule has 0 spiro atoms. The van der Waals surface area contributed by atoms with E-state index in [9.17, 15) is 4.79 Å². The zero-order valence-electron chi connectivity index (χ0n) is 12.2.